The Balaban J connectivity index is 2.19. The van der Waals surface area contributed by atoms with Crippen molar-refractivity contribution in [2.75, 3.05) is 26.3 Å². The first-order chi connectivity index (χ1) is 8.20. The summed E-state index contributed by atoms with van der Waals surface area (Å²) in [4.78, 5) is 0. The van der Waals surface area contributed by atoms with Crippen LogP contribution < -0.4 is 5.32 Å². The zero-order valence-corrected chi connectivity index (χ0v) is 11.8. The van der Waals surface area contributed by atoms with Crippen LogP contribution in [-0.2, 0) is 9.47 Å². The summed E-state index contributed by atoms with van der Waals surface area (Å²) in [6, 6.07) is 0. The molecule has 0 unspecified atom stereocenters. The summed E-state index contributed by atoms with van der Waals surface area (Å²) < 4.78 is 11.0. The van der Waals surface area contributed by atoms with Crippen LogP contribution in [0.15, 0.2) is 0 Å². The van der Waals surface area contributed by atoms with Crippen molar-refractivity contribution >= 4 is 0 Å². The fourth-order valence-electron chi connectivity index (χ4n) is 2.61. The van der Waals surface area contributed by atoms with Gasteiger partial charge in [0.25, 0.3) is 0 Å². The molecule has 17 heavy (non-hydrogen) atoms. The molecule has 0 aromatic heterocycles. The van der Waals surface area contributed by atoms with Gasteiger partial charge in [0.1, 0.15) is 0 Å². The average Bonchev–Trinajstić information content (AvgIpc) is 2.30. The predicted molar refractivity (Wildman–Crippen MR) is 71.1 cm³/mol. The van der Waals surface area contributed by atoms with E-state index in [1.807, 2.05) is 13.8 Å². The summed E-state index contributed by atoms with van der Waals surface area (Å²) in [5.41, 5.74) is 0.487. The monoisotopic (exact) mass is 243 g/mol. The van der Waals surface area contributed by atoms with E-state index in [0.29, 0.717) is 18.6 Å². The second-order valence-electron chi connectivity index (χ2n) is 5.34. The van der Waals surface area contributed by atoms with E-state index in [9.17, 15) is 0 Å². The topological polar surface area (TPSA) is 30.5 Å². The van der Waals surface area contributed by atoms with E-state index in [-0.39, 0.29) is 6.29 Å². The van der Waals surface area contributed by atoms with Crippen molar-refractivity contribution in [1.29, 1.82) is 0 Å². The lowest BCUT2D eigenvalue weighted by molar-refractivity contribution is -0.133. The molecule has 1 aliphatic carbocycles. The number of nitrogens with one attached hydrogen (secondary N) is 1. The van der Waals surface area contributed by atoms with Crippen LogP contribution in [0, 0.1) is 5.41 Å². The smallest absolute Gasteiger partial charge is 0.169 e. The summed E-state index contributed by atoms with van der Waals surface area (Å²) in [5.74, 6) is 0. The molecule has 1 N–H and O–H groups in total. The first-order valence-electron chi connectivity index (χ1n) is 7.14. The second-order valence-corrected chi connectivity index (χ2v) is 5.34. The van der Waals surface area contributed by atoms with E-state index in [4.69, 9.17) is 9.47 Å². The Morgan fingerprint density at radius 3 is 2.18 bits per heavy atom. The van der Waals surface area contributed by atoms with E-state index in [1.54, 1.807) is 0 Å². The molecule has 0 atom stereocenters. The van der Waals surface area contributed by atoms with Crippen molar-refractivity contribution in [2.45, 2.75) is 59.2 Å². The van der Waals surface area contributed by atoms with Crippen molar-refractivity contribution < 1.29 is 9.47 Å². The van der Waals surface area contributed by atoms with Crippen LogP contribution in [0.3, 0.4) is 0 Å². The van der Waals surface area contributed by atoms with Crippen molar-refractivity contribution in [3.05, 3.63) is 0 Å². The summed E-state index contributed by atoms with van der Waals surface area (Å²) in [7, 11) is 0. The highest BCUT2D eigenvalue weighted by molar-refractivity contribution is 4.80. The molecule has 102 valence electrons. The van der Waals surface area contributed by atoms with Gasteiger partial charge >= 0.3 is 0 Å². The van der Waals surface area contributed by atoms with Gasteiger partial charge in [-0.3, -0.25) is 0 Å². The lowest BCUT2D eigenvalue weighted by atomic mass is 9.76. The maximum Gasteiger partial charge on any atom is 0.169 e. The van der Waals surface area contributed by atoms with Crippen LogP contribution in [0.25, 0.3) is 0 Å². The number of hydrogen-bond donors (Lipinski definition) is 1. The van der Waals surface area contributed by atoms with Crippen LogP contribution in [0.2, 0.25) is 0 Å². The van der Waals surface area contributed by atoms with Crippen LogP contribution in [0.5, 0.6) is 0 Å². The minimum absolute atomic E-state index is 0.0859. The van der Waals surface area contributed by atoms with Gasteiger partial charge in [-0.25, -0.2) is 0 Å². The van der Waals surface area contributed by atoms with Crippen molar-refractivity contribution in [3.63, 3.8) is 0 Å². The highest BCUT2D eigenvalue weighted by Crippen LogP contribution is 2.34. The highest BCUT2D eigenvalue weighted by atomic mass is 16.7. The maximum absolute atomic E-state index is 5.52. The Morgan fingerprint density at radius 2 is 1.65 bits per heavy atom. The normalized spacial score (nSPS) is 19.8. The zero-order valence-electron chi connectivity index (χ0n) is 11.8. The largest absolute Gasteiger partial charge is 0.352 e. The number of rotatable bonds is 8. The number of hydrogen-bond acceptors (Lipinski definition) is 3. The Hall–Kier alpha value is -0.120. The summed E-state index contributed by atoms with van der Waals surface area (Å²) >= 11 is 0. The molecule has 3 nitrogen and oxygen atoms in total. The van der Waals surface area contributed by atoms with E-state index >= 15 is 0 Å². The van der Waals surface area contributed by atoms with Crippen molar-refractivity contribution in [1.82, 2.24) is 5.32 Å². The first-order valence-corrected chi connectivity index (χ1v) is 7.14. The lowest BCUT2D eigenvalue weighted by Gasteiger charge is -2.34. The maximum atomic E-state index is 5.52. The van der Waals surface area contributed by atoms with Gasteiger partial charge in [-0.15, -0.1) is 0 Å². The van der Waals surface area contributed by atoms with Gasteiger partial charge in [0, 0.05) is 26.3 Å². The molecular weight excluding hydrogens is 214 g/mol. The molecule has 1 rings (SSSR count). The molecule has 0 aliphatic heterocycles. The summed E-state index contributed by atoms with van der Waals surface area (Å²) in [5, 5.41) is 3.52. The van der Waals surface area contributed by atoms with Gasteiger partial charge in [-0.1, -0.05) is 26.2 Å². The minimum atomic E-state index is -0.0859. The Kier molecular flexibility index (Phi) is 7.09. The summed E-state index contributed by atoms with van der Waals surface area (Å²) in [6.45, 7) is 9.73. The molecule has 1 aliphatic rings. The molecule has 3 heteroatoms. The SMILES string of the molecule is CCOC(CNCC1(C)CCCCC1)OCC. The molecule has 0 heterocycles. The van der Waals surface area contributed by atoms with Crippen LogP contribution >= 0.6 is 0 Å². The van der Waals surface area contributed by atoms with Gasteiger partial charge in [0.15, 0.2) is 6.29 Å². The first kappa shape index (κ1) is 14.9. The quantitative estimate of drug-likeness (QED) is 0.665. The predicted octanol–water partition coefficient (Wildman–Crippen LogP) is 2.95. The van der Waals surface area contributed by atoms with Gasteiger partial charge in [-0.05, 0) is 32.1 Å². The molecular formula is C14H29NO2. The molecule has 0 amide bonds. The third kappa shape index (κ3) is 5.84. The van der Waals surface area contributed by atoms with Gasteiger partial charge in [0.05, 0.1) is 0 Å². The van der Waals surface area contributed by atoms with Crippen LogP contribution in [0.4, 0.5) is 0 Å². The highest BCUT2D eigenvalue weighted by Gasteiger charge is 2.26. The van der Waals surface area contributed by atoms with Gasteiger partial charge in [-0.2, -0.15) is 0 Å². The zero-order chi connectivity index (χ0) is 12.6. The van der Waals surface area contributed by atoms with Crippen LogP contribution in [0.1, 0.15) is 52.9 Å². The third-order valence-corrected chi connectivity index (χ3v) is 3.63. The van der Waals surface area contributed by atoms with E-state index in [0.717, 1.165) is 13.1 Å². The van der Waals surface area contributed by atoms with Crippen LogP contribution in [-0.4, -0.2) is 32.6 Å². The Bertz CT molecular complexity index is 185. The average molecular weight is 243 g/mol. The molecule has 1 fully saturated rings. The van der Waals surface area contributed by atoms with E-state index in [1.165, 1.54) is 32.1 Å². The molecule has 0 aromatic rings. The van der Waals surface area contributed by atoms with E-state index in [2.05, 4.69) is 12.2 Å². The Labute approximate surface area is 106 Å². The minimum Gasteiger partial charge on any atom is -0.352 e. The third-order valence-electron chi connectivity index (χ3n) is 3.63. The molecule has 0 radical (unpaired) electrons. The standard InChI is InChI=1S/C14H29NO2/c1-4-16-13(17-5-2)11-15-12-14(3)9-7-6-8-10-14/h13,15H,4-12H2,1-3H3. The Morgan fingerprint density at radius 1 is 1.06 bits per heavy atom. The fraction of sp³-hybridized carbons (Fsp3) is 1.00. The molecule has 0 spiro atoms. The second kappa shape index (κ2) is 8.06. The molecule has 1 saturated carbocycles. The van der Waals surface area contributed by atoms with E-state index < -0.39 is 0 Å². The summed E-state index contributed by atoms with van der Waals surface area (Å²) in [6.07, 6.45) is 6.81. The van der Waals surface area contributed by atoms with Gasteiger partial charge < -0.3 is 14.8 Å². The van der Waals surface area contributed by atoms with Gasteiger partial charge in [0.2, 0.25) is 0 Å². The molecule has 0 bridgehead atoms. The lowest BCUT2D eigenvalue weighted by Crippen LogP contribution is -2.39. The molecule has 0 aromatic carbocycles. The molecule has 0 saturated heterocycles. The fourth-order valence-corrected chi connectivity index (χ4v) is 2.61. The van der Waals surface area contributed by atoms with Crippen molar-refractivity contribution in [3.8, 4) is 0 Å². The number of ether oxygens (including phenoxy) is 2. The van der Waals surface area contributed by atoms with Crippen molar-refractivity contribution in [2.24, 2.45) is 5.41 Å².